The van der Waals surface area contributed by atoms with Crippen molar-refractivity contribution in [3.63, 3.8) is 0 Å². The Morgan fingerprint density at radius 1 is 1.33 bits per heavy atom. The number of phenols is 1. The molecule has 0 aliphatic carbocycles. The first-order valence-corrected chi connectivity index (χ1v) is 4.04. The molecular formula is C9H9F4NO. The molecule has 0 fully saturated rings. The van der Waals surface area contributed by atoms with Gasteiger partial charge in [0.15, 0.2) is 11.6 Å². The minimum absolute atomic E-state index is 0.264. The molecule has 0 aliphatic rings. The summed E-state index contributed by atoms with van der Waals surface area (Å²) in [6.45, 7) is 1.41. The van der Waals surface area contributed by atoms with Crippen molar-refractivity contribution >= 4 is 0 Å². The normalized spacial score (nSPS) is 14.0. The van der Waals surface area contributed by atoms with E-state index in [1.54, 1.807) is 0 Å². The standard InChI is InChI=1S/C9H9F4NO/c1-4-2-5(7(15)6(10)3-4)8(14)9(11,12)13/h2-3,8,15H,14H2,1H3/t8-/m0/s1. The molecule has 15 heavy (non-hydrogen) atoms. The summed E-state index contributed by atoms with van der Waals surface area (Å²) in [6.07, 6.45) is -4.71. The summed E-state index contributed by atoms with van der Waals surface area (Å²) in [6, 6.07) is -0.440. The zero-order valence-corrected chi connectivity index (χ0v) is 7.77. The van der Waals surface area contributed by atoms with Crippen molar-refractivity contribution < 1.29 is 22.7 Å². The van der Waals surface area contributed by atoms with E-state index in [1.165, 1.54) is 6.92 Å². The van der Waals surface area contributed by atoms with Crippen LogP contribution in [0.5, 0.6) is 5.75 Å². The monoisotopic (exact) mass is 223 g/mol. The van der Waals surface area contributed by atoms with Crippen molar-refractivity contribution in [1.82, 2.24) is 0 Å². The molecule has 1 aromatic carbocycles. The minimum Gasteiger partial charge on any atom is -0.505 e. The lowest BCUT2D eigenvalue weighted by Gasteiger charge is -2.17. The smallest absolute Gasteiger partial charge is 0.407 e. The Morgan fingerprint density at radius 2 is 1.87 bits per heavy atom. The van der Waals surface area contributed by atoms with Crippen LogP contribution in [0.3, 0.4) is 0 Å². The lowest BCUT2D eigenvalue weighted by molar-refractivity contribution is -0.149. The first-order chi connectivity index (χ1) is 6.73. The van der Waals surface area contributed by atoms with E-state index in [-0.39, 0.29) is 5.56 Å². The van der Waals surface area contributed by atoms with Gasteiger partial charge < -0.3 is 10.8 Å². The summed E-state index contributed by atoms with van der Waals surface area (Å²) in [7, 11) is 0. The highest BCUT2D eigenvalue weighted by Gasteiger charge is 2.39. The Bertz CT molecular complexity index is 375. The average molecular weight is 223 g/mol. The second kappa shape index (κ2) is 3.69. The van der Waals surface area contributed by atoms with Crippen LogP contribution >= 0.6 is 0 Å². The van der Waals surface area contributed by atoms with Gasteiger partial charge >= 0.3 is 6.18 Å². The van der Waals surface area contributed by atoms with Crippen LogP contribution in [0.25, 0.3) is 0 Å². The van der Waals surface area contributed by atoms with Crippen molar-refractivity contribution in [2.75, 3.05) is 0 Å². The van der Waals surface area contributed by atoms with Crippen LogP contribution < -0.4 is 5.73 Å². The van der Waals surface area contributed by atoms with Crippen LogP contribution in [-0.4, -0.2) is 11.3 Å². The molecule has 0 radical (unpaired) electrons. The zero-order valence-electron chi connectivity index (χ0n) is 7.77. The van der Waals surface area contributed by atoms with Crippen LogP contribution in [0.2, 0.25) is 0 Å². The fraction of sp³-hybridized carbons (Fsp3) is 0.333. The highest BCUT2D eigenvalue weighted by Crippen LogP contribution is 2.36. The van der Waals surface area contributed by atoms with Gasteiger partial charge in [-0.1, -0.05) is 6.07 Å². The Kier molecular flexibility index (Phi) is 2.90. The SMILES string of the molecule is Cc1cc(F)c(O)c([C@H](N)C(F)(F)F)c1. The van der Waals surface area contributed by atoms with Crippen molar-refractivity contribution in [3.05, 3.63) is 29.1 Å². The lowest BCUT2D eigenvalue weighted by atomic mass is 10.0. The van der Waals surface area contributed by atoms with Gasteiger partial charge in [0, 0.05) is 5.56 Å². The first-order valence-electron chi connectivity index (χ1n) is 4.04. The molecule has 84 valence electrons. The Hall–Kier alpha value is -1.30. The summed E-state index contributed by atoms with van der Waals surface area (Å²) < 4.78 is 49.6. The fourth-order valence-corrected chi connectivity index (χ4v) is 1.17. The molecule has 0 unspecified atom stereocenters. The maximum Gasteiger partial charge on any atom is 0.407 e. The summed E-state index contributed by atoms with van der Waals surface area (Å²) in [5, 5.41) is 9.10. The summed E-state index contributed by atoms with van der Waals surface area (Å²) >= 11 is 0. The van der Waals surface area contributed by atoms with Crippen LogP contribution in [0, 0.1) is 12.7 Å². The van der Waals surface area contributed by atoms with Gasteiger partial charge in [-0.2, -0.15) is 13.2 Å². The minimum atomic E-state index is -4.71. The van der Waals surface area contributed by atoms with Gasteiger partial charge in [0.25, 0.3) is 0 Å². The molecule has 0 bridgehead atoms. The molecule has 0 heterocycles. The molecule has 3 N–H and O–H groups in total. The summed E-state index contributed by atoms with van der Waals surface area (Å²) in [5.41, 5.74) is 4.47. The molecular weight excluding hydrogens is 214 g/mol. The van der Waals surface area contributed by atoms with Crippen LogP contribution in [-0.2, 0) is 0 Å². The topological polar surface area (TPSA) is 46.2 Å². The number of rotatable bonds is 1. The number of nitrogens with two attached hydrogens (primary N) is 1. The van der Waals surface area contributed by atoms with Crippen LogP contribution in [0.4, 0.5) is 17.6 Å². The largest absolute Gasteiger partial charge is 0.505 e. The molecule has 0 spiro atoms. The van der Waals surface area contributed by atoms with Crippen molar-refractivity contribution in [3.8, 4) is 5.75 Å². The molecule has 0 saturated carbocycles. The second-order valence-electron chi connectivity index (χ2n) is 3.20. The second-order valence-corrected chi connectivity index (χ2v) is 3.20. The van der Waals surface area contributed by atoms with E-state index in [2.05, 4.69) is 0 Å². The Balaban J connectivity index is 3.25. The number of alkyl halides is 3. The zero-order chi connectivity index (χ0) is 11.8. The van der Waals surface area contributed by atoms with Gasteiger partial charge in [0.05, 0.1) is 0 Å². The first kappa shape index (κ1) is 11.8. The number of phenolic OH excluding ortho intramolecular Hbond substituents is 1. The number of aromatic hydroxyl groups is 1. The molecule has 1 atom stereocenters. The van der Waals surface area contributed by atoms with Crippen molar-refractivity contribution in [2.24, 2.45) is 5.73 Å². The summed E-state index contributed by atoms with van der Waals surface area (Å²) in [5.74, 6) is -2.16. The van der Waals surface area contributed by atoms with Crippen molar-refractivity contribution in [2.45, 2.75) is 19.1 Å². The predicted octanol–water partition coefficient (Wildman–Crippen LogP) is 2.40. The third-order valence-corrected chi connectivity index (χ3v) is 1.92. The van der Waals surface area contributed by atoms with E-state index < -0.39 is 29.3 Å². The quantitative estimate of drug-likeness (QED) is 0.718. The molecule has 2 nitrogen and oxygen atoms in total. The van der Waals surface area contributed by atoms with Gasteiger partial charge in [-0.25, -0.2) is 4.39 Å². The van der Waals surface area contributed by atoms with E-state index in [1.807, 2.05) is 0 Å². The highest BCUT2D eigenvalue weighted by molar-refractivity contribution is 5.39. The van der Waals surface area contributed by atoms with E-state index >= 15 is 0 Å². The Labute approximate surface area is 83.3 Å². The van der Waals surface area contributed by atoms with E-state index in [0.717, 1.165) is 12.1 Å². The molecule has 0 aliphatic heterocycles. The third-order valence-electron chi connectivity index (χ3n) is 1.92. The molecule has 6 heteroatoms. The van der Waals surface area contributed by atoms with E-state index in [0.29, 0.717) is 0 Å². The number of aryl methyl sites for hydroxylation is 1. The summed E-state index contributed by atoms with van der Waals surface area (Å²) in [4.78, 5) is 0. The maximum atomic E-state index is 12.9. The van der Waals surface area contributed by atoms with Gasteiger partial charge in [-0.15, -0.1) is 0 Å². The van der Waals surface area contributed by atoms with E-state index in [9.17, 15) is 17.6 Å². The van der Waals surface area contributed by atoms with Gasteiger partial charge in [0.2, 0.25) is 0 Å². The van der Waals surface area contributed by atoms with Gasteiger partial charge in [-0.3, -0.25) is 0 Å². The van der Waals surface area contributed by atoms with E-state index in [4.69, 9.17) is 10.8 Å². The van der Waals surface area contributed by atoms with Crippen LogP contribution in [0.15, 0.2) is 12.1 Å². The molecule has 1 aromatic rings. The molecule has 1 rings (SSSR count). The number of halogens is 4. The maximum absolute atomic E-state index is 12.9. The van der Waals surface area contributed by atoms with Crippen molar-refractivity contribution in [1.29, 1.82) is 0 Å². The average Bonchev–Trinajstić information content (AvgIpc) is 2.08. The third kappa shape index (κ3) is 2.38. The number of hydrogen-bond acceptors (Lipinski definition) is 2. The molecule has 0 amide bonds. The number of benzene rings is 1. The lowest BCUT2D eigenvalue weighted by Crippen LogP contribution is -2.28. The van der Waals surface area contributed by atoms with Gasteiger partial charge in [-0.05, 0) is 18.6 Å². The Morgan fingerprint density at radius 3 is 2.33 bits per heavy atom. The highest BCUT2D eigenvalue weighted by atomic mass is 19.4. The molecule has 0 aromatic heterocycles. The number of hydrogen-bond donors (Lipinski definition) is 2. The predicted molar refractivity (Wildman–Crippen MR) is 45.8 cm³/mol. The fourth-order valence-electron chi connectivity index (χ4n) is 1.17. The van der Waals surface area contributed by atoms with Crippen LogP contribution in [0.1, 0.15) is 17.2 Å². The molecule has 0 saturated heterocycles. The van der Waals surface area contributed by atoms with Gasteiger partial charge in [0.1, 0.15) is 6.04 Å².